The molecule has 0 unspecified atom stereocenters. The van der Waals surface area contributed by atoms with Crippen LogP contribution in [-0.4, -0.2) is 40.0 Å². The van der Waals surface area contributed by atoms with Crippen molar-refractivity contribution in [2.24, 2.45) is 5.92 Å². The Kier molecular flexibility index (Phi) is 5.58. The first-order valence-corrected chi connectivity index (χ1v) is 8.20. The zero-order valence-electron chi connectivity index (χ0n) is 14.5. The van der Waals surface area contributed by atoms with Crippen molar-refractivity contribution >= 4 is 23.5 Å². The van der Waals surface area contributed by atoms with Crippen molar-refractivity contribution in [2.75, 3.05) is 5.32 Å². The summed E-state index contributed by atoms with van der Waals surface area (Å²) in [7, 11) is 0. The zero-order valence-corrected chi connectivity index (χ0v) is 14.5. The molecule has 8 heteroatoms. The van der Waals surface area contributed by atoms with Gasteiger partial charge in [0.05, 0.1) is 0 Å². The van der Waals surface area contributed by atoms with Crippen LogP contribution in [-0.2, 0) is 14.4 Å². The normalized spacial score (nSPS) is 20.9. The van der Waals surface area contributed by atoms with Gasteiger partial charge in [-0.25, -0.2) is 0 Å². The second-order valence-electron chi connectivity index (χ2n) is 6.65. The second kappa shape index (κ2) is 7.46. The molecule has 1 fully saturated rings. The van der Waals surface area contributed by atoms with Gasteiger partial charge in [0.2, 0.25) is 17.7 Å². The fraction of sp³-hybridized carbons (Fsp3) is 0.625. The summed E-state index contributed by atoms with van der Waals surface area (Å²) in [6.07, 6.45) is 1.71. The summed E-state index contributed by atoms with van der Waals surface area (Å²) in [6, 6.07) is 1.37. The highest BCUT2D eigenvalue weighted by atomic mass is 16.2. The van der Waals surface area contributed by atoms with Crippen LogP contribution in [0.25, 0.3) is 0 Å². The molecule has 1 heterocycles. The summed E-state index contributed by atoms with van der Waals surface area (Å²) in [5.41, 5.74) is 0.936. The summed E-state index contributed by atoms with van der Waals surface area (Å²) in [5, 5.41) is 15.2. The number of carbonyl (C=O) groups is 3. The number of nitrogens with zero attached hydrogens (tertiary/aromatic N) is 1. The Morgan fingerprint density at radius 3 is 2.46 bits per heavy atom. The van der Waals surface area contributed by atoms with Crippen molar-refractivity contribution in [1.29, 1.82) is 0 Å². The molecule has 2 rings (SSSR count). The fourth-order valence-corrected chi connectivity index (χ4v) is 2.57. The van der Waals surface area contributed by atoms with Gasteiger partial charge in [-0.3, -0.25) is 19.5 Å². The molecule has 4 N–H and O–H groups in total. The lowest BCUT2D eigenvalue weighted by molar-refractivity contribution is -0.128. The van der Waals surface area contributed by atoms with Crippen LogP contribution in [0.15, 0.2) is 6.07 Å². The van der Waals surface area contributed by atoms with E-state index in [1.54, 1.807) is 26.8 Å². The lowest BCUT2D eigenvalue weighted by atomic mass is 9.78. The van der Waals surface area contributed by atoms with Crippen molar-refractivity contribution in [1.82, 2.24) is 20.8 Å². The van der Waals surface area contributed by atoms with E-state index in [2.05, 4.69) is 26.1 Å². The van der Waals surface area contributed by atoms with E-state index in [-0.39, 0.29) is 29.7 Å². The first-order valence-electron chi connectivity index (χ1n) is 8.20. The fourth-order valence-electron chi connectivity index (χ4n) is 2.57. The maximum atomic E-state index is 12.1. The van der Waals surface area contributed by atoms with Crippen molar-refractivity contribution in [3.63, 3.8) is 0 Å². The molecule has 1 atom stereocenters. The van der Waals surface area contributed by atoms with E-state index in [0.717, 1.165) is 18.5 Å². The van der Waals surface area contributed by atoms with Gasteiger partial charge < -0.3 is 16.0 Å². The molecular weight excluding hydrogens is 310 g/mol. The van der Waals surface area contributed by atoms with Gasteiger partial charge in [0.1, 0.15) is 6.04 Å². The van der Waals surface area contributed by atoms with Crippen molar-refractivity contribution in [3.05, 3.63) is 11.8 Å². The van der Waals surface area contributed by atoms with E-state index in [1.165, 1.54) is 6.92 Å². The minimum absolute atomic E-state index is 0.0200. The van der Waals surface area contributed by atoms with Crippen molar-refractivity contribution < 1.29 is 14.4 Å². The molecule has 0 spiro atoms. The predicted octanol–water partition coefficient (Wildman–Crippen LogP) is 0.891. The standard InChI is InChI=1S/C16H25N5O3/c1-8(2)15(23)17-9(3)16(24)19-14-7-13(20-21-14)11-5-12(6-11)18-10(4)22/h7-9,11-12H,5-6H2,1-4H3,(H,17,23)(H,18,22)(H2,19,20,21,24)/t9-,11?,12?/m1/s1. The topological polar surface area (TPSA) is 116 Å². The molecular formula is C16H25N5O3. The summed E-state index contributed by atoms with van der Waals surface area (Å²) in [6.45, 7) is 6.68. The van der Waals surface area contributed by atoms with E-state index in [4.69, 9.17) is 0 Å². The Labute approximate surface area is 141 Å². The van der Waals surface area contributed by atoms with Crippen LogP contribution in [0.4, 0.5) is 5.82 Å². The van der Waals surface area contributed by atoms with E-state index in [9.17, 15) is 14.4 Å². The Balaban J connectivity index is 1.82. The van der Waals surface area contributed by atoms with Crippen molar-refractivity contribution in [2.45, 2.75) is 58.5 Å². The molecule has 0 aromatic carbocycles. The number of H-pyrrole nitrogens is 1. The SMILES string of the molecule is CC(=O)NC1CC(c2cc(NC(=O)[C@@H](C)NC(=O)C(C)C)n[nH]2)C1. The molecule has 0 radical (unpaired) electrons. The maximum Gasteiger partial charge on any atom is 0.247 e. The Bertz CT molecular complexity index is 619. The minimum Gasteiger partial charge on any atom is -0.354 e. The highest BCUT2D eigenvalue weighted by Crippen LogP contribution is 2.36. The number of carbonyl (C=O) groups excluding carboxylic acids is 3. The smallest absolute Gasteiger partial charge is 0.247 e. The molecule has 1 saturated carbocycles. The molecule has 3 amide bonds. The predicted molar refractivity (Wildman–Crippen MR) is 89.2 cm³/mol. The van der Waals surface area contributed by atoms with Gasteiger partial charge in [0.25, 0.3) is 0 Å². The number of amides is 3. The maximum absolute atomic E-state index is 12.1. The molecule has 1 aliphatic carbocycles. The quantitative estimate of drug-likeness (QED) is 0.618. The molecule has 0 saturated heterocycles. The zero-order chi connectivity index (χ0) is 17.9. The molecule has 132 valence electrons. The number of nitrogens with one attached hydrogen (secondary N) is 4. The average Bonchev–Trinajstić information content (AvgIpc) is 2.89. The number of aromatic amines is 1. The largest absolute Gasteiger partial charge is 0.354 e. The summed E-state index contributed by atoms with van der Waals surface area (Å²) in [4.78, 5) is 34.7. The van der Waals surface area contributed by atoms with Crippen LogP contribution in [0.3, 0.4) is 0 Å². The van der Waals surface area contributed by atoms with Crippen LogP contribution >= 0.6 is 0 Å². The molecule has 1 aromatic heterocycles. The third kappa shape index (κ3) is 4.56. The van der Waals surface area contributed by atoms with Gasteiger partial charge in [-0.15, -0.1) is 0 Å². The number of rotatable bonds is 6. The Hall–Kier alpha value is -2.38. The van der Waals surface area contributed by atoms with Gasteiger partial charge >= 0.3 is 0 Å². The van der Waals surface area contributed by atoms with E-state index >= 15 is 0 Å². The number of hydrogen-bond acceptors (Lipinski definition) is 4. The third-order valence-corrected chi connectivity index (χ3v) is 4.11. The highest BCUT2D eigenvalue weighted by Gasteiger charge is 2.32. The Morgan fingerprint density at radius 1 is 1.21 bits per heavy atom. The lowest BCUT2D eigenvalue weighted by Crippen LogP contribution is -2.43. The first kappa shape index (κ1) is 18.0. The van der Waals surface area contributed by atoms with E-state index in [1.807, 2.05) is 0 Å². The van der Waals surface area contributed by atoms with Crippen LogP contribution in [0, 0.1) is 5.92 Å². The first-order chi connectivity index (χ1) is 11.3. The summed E-state index contributed by atoms with van der Waals surface area (Å²) in [5.74, 6) is 0.0631. The molecule has 0 bridgehead atoms. The average molecular weight is 335 g/mol. The van der Waals surface area contributed by atoms with Gasteiger partial charge in [0.15, 0.2) is 5.82 Å². The lowest BCUT2D eigenvalue weighted by Gasteiger charge is -2.34. The van der Waals surface area contributed by atoms with Gasteiger partial charge in [-0.05, 0) is 19.8 Å². The van der Waals surface area contributed by atoms with Crippen LogP contribution < -0.4 is 16.0 Å². The summed E-state index contributed by atoms with van der Waals surface area (Å²) >= 11 is 0. The molecule has 1 aromatic rings. The van der Waals surface area contributed by atoms with Crippen LogP contribution in [0.1, 0.15) is 52.1 Å². The van der Waals surface area contributed by atoms with E-state index in [0.29, 0.717) is 11.7 Å². The number of hydrogen-bond donors (Lipinski definition) is 4. The number of anilines is 1. The van der Waals surface area contributed by atoms with E-state index < -0.39 is 6.04 Å². The monoisotopic (exact) mass is 335 g/mol. The summed E-state index contributed by atoms with van der Waals surface area (Å²) < 4.78 is 0. The molecule has 0 aliphatic heterocycles. The van der Waals surface area contributed by atoms with Gasteiger partial charge in [-0.2, -0.15) is 5.10 Å². The molecule has 8 nitrogen and oxygen atoms in total. The minimum atomic E-state index is -0.632. The number of aromatic nitrogens is 2. The van der Waals surface area contributed by atoms with Crippen LogP contribution in [0.5, 0.6) is 0 Å². The van der Waals surface area contributed by atoms with Crippen molar-refractivity contribution in [3.8, 4) is 0 Å². The second-order valence-corrected chi connectivity index (χ2v) is 6.65. The molecule has 24 heavy (non-hydrogen) atoms. The van der Waals surface area contributed by atoms with Gasteiger partial charge in [-0.1, -0.05) is 13.8 Å². The Morgan fingerprint density at radius 2 is 1.88 bits per heavy atom. The molecule has 1 aliphatic rings. The van der Waals surface area contributed by atoms with Crippen LogP contribution in [0.2, 0.25) is 0 Å². The third-order valence-electron chi connectivity index (χ3n) is 4.11. The van der Waals surface area contributed by atoms with Gasteiger partial charge in [0, 0.05) is 36.6 Å². The highest BCUT2D eigenvalue weighted by molar-refractivity contribution is 5.96.